The van der Waals surface area contributed by atoms with Crippen molar-refractivity contribution >= 4 is 23.5 Å². The molecule has 21 heavy (non-hydrogen) atoms. The monoisotopic (exact) mass is 294 g/mol. The van der Waals surface area contributed by atoms with Crippen LogP contribution >= 0.6 is 0 Å². The Hall–Kier alpha value is -1.47. The molecule has 1 aliphatic heterocycles. The van der Waals surface area contributed by atoms with Crippen molar-refractivity contribution in [2.24, 2.45) is 0 Å². The molecule has 1 aromatic carbocycles. The first-order valence-corrected chi connectivity index (χ1v) is 6.82. The van der Waals surface area contributed by atoms with Crippen molar-refractivity contribution in [3.63, 3.8) is 0 Å². The van der Waals surface area contributed by atoms with Crippen molar-refractivity contribution < 1.29 is 18.1 Å². The van der Waals surface area contributed by atoms with Gasteiger partial charge in [-0.15, -0.1) is 0 Å². The fraction of sp³-hybridized carbons (Fsp3) is 0.500. The number of benzene rings is 1. The molecule has 3 rings (SSSR count). The molecular formula is C14H17BF2N2O2. The number of fused-ring (bicyclic) bond motifs is 1. The molecule has 4 nitrogen and oxygen atoms in total. The van der Waals surface area contributed by atoms with Gasteiger partial charge in [0, 0.05) is 11.6 Å². The lowest BCUT2D eigenvalue weighted by Gasteiger charge is -2.32. The highest BCUT2D eigenvalue weighted by atomic mass is 19.3. The Morgan fingerprint density at radius 3 is 2.33 bits per heavy atom. The third kappa shape index (κ3) is 2.34. The summed E-state index contributed by atoms with van der Waals surface area (Å²) >= 11 is 0. The van der Waals surface area contributed by atoms with Gasteiger partial charge in [-0.2, -0.15) is 13.9 Å². The molecule has 7 heteroatoms. The van der Waals surface area contributed by atoms with E-state index in [1.165, 1.54) is 6.20 Å². The maximum atomic E-state index is 12.7. The minimum atomic E-state index is -2.64. The zero-order chi connectivity index (χ0) is 15.4. The summed E-state index contributed by atoms with van der Waals surface area (Å²) in [5.41, 5.74) is 0.410. The highest BCUT2D eigenvalue weighted by Crippen LogP contribution is 2.36. The standard InChI is InChI=1S/C14H17BF2N2O2/c1-13(2)14(3,4)21-15(20-13)10-6-5-9-8-19(12(16)17)18-11(9)7-10/h5-8,12H,1-4H3. The second-order valence-corrected chi connectivity index (χ2v) is 6.29. The molecule has 2 aromatic rings. The molecule has 0 radical (unpaired) electrons. The first-order valence-electron chi connectivity index (χ1n) is 6.82. The van der Waals surface area contributed by atoms with E-state index >= 15 is 0 Å². The SMILES string of the molecule is CC1(C)OB(c2ccc3cn(C(F)F)nc3c2)OC1(C)C. The van der Waals surface area contributed by atoms with Gasteiger partial charge in [0.25, 0.3) is 0 Å². The maximum Gasteiger partial charge on any atom is 0.494 e. The number of hydrogen-bond acceptors (Lipinski definition) is 3. The quantitative estimate of drug-likeness (QED) is 0.799. The molecule has 1 aliphatic rings. The second kappa shape index (κ2) is 4.51. The highest BCUT2D eigenvalue weighted by Gasteiger charge is 2.51. The normalized spacial score (nSPS) is 20.6. The lowest BCUT2D eigenvalue weighted by atomic mass is 9.79. The van der Waals surface area contributed by atoms with Crippen molar-refractivity contribution in [3.05, 3.63) is 24.4 Å². The van der Waals surface area contributed by atoms with E-state index in [0.29, 0.717) is 15.6 Å². The minimum absolute atomic E-state index is 0.436. The molecule has 2 heterocycles. The molecule has 0 aliphatic carbocycles. The molecule has 0 atom stereocenters. The van der Waals surface area contributed by atoms with Crippen molar-refractivity contribution in [1.29, 1.82) is 0 Å². The van der Waals surface area contributed by atoms with Gasteiger partial charge in [-0.3, -0.25) is 0 Å². The van der Waals surface area contributed by atoms with Crippen LogP contribution in [-0.2, 0) is 9.31 Å². The molecule has 0 amide bonds. The van der Waals surface area contributed by atoms with Gasteiger partial charge in [0.2, 0.25) is 0 Å². The van der Waals surface area contributed by atoms with Gasteiger partial charge in [-0.1, -0.05) is 12.1 Å². The third-order valence-electron chi connectivity index (χ3n) is 4.27. The fourth-order valence-electron chi connectivity index (χ4n) is 2.28. The summed E-state index contributed by atoms with van der Waals surface area (Å²) in [7, 11) is -0.518. The van der Waals surface area contributed by atoms with Crippen LogP contribution in [-0.4, -0.2) is 28.1 Å². The summed E-state index contributed by atoms with van der Waals surface area (Å²) in [4.78, 5) is 0. The average molecular weight is 294 g/mol. The van der Waals surface area contributed by atoms with Gasteiger partial charge in [0.1, 0.15) is 0 Å². The van der Waals surface area contributed by atoms with Crippen LogP contribution in [0, 0.1) is 0 Å². The Labute approximate surface area is 122 Å². The van der Waals surface area contributed by atoms with E-state index in [-0.39, 0.29) is 0 Å². The van der Waals surface area contributed by atoms with E-state index in [9.17, 15) is 8.78 Å². The predicted molar refractivity (Wildman–Crippen MR) is 76.7 cm³/mol. The van der Waals surface area contributed by atoms with Gasteiger partial charge < -0.3 is 9.31 Å². The summed E-state index contributed by atoms with van der Waals surface area (Å²) in [5, 5.41) is 4.54. The topological polar surface area (TPSA) is 36.3 Å². The average Bonchev–Trinajstić information content (AvgIpc) is 2.88. The zero-order valence-electron chi connectivity index (χ0n) is 12.4. The smallest absolute Gasteiger partial charge is 0.399 e. The van der Waals surface area contributed by atoms with Gasteiger partial charge in [-0.05, 0) is 39.2 Å². The van der Waals surface area contributed by atoms with Crippen LogP contribution < -0.4 is 5.46 Å². The van der Waals surface area contributed by atoms with Crippen LogP contribution in [0.4, 0.5) is 8.78 Å². The Bertz CT molecular complexity index is 669. The van der Waals surface area contributed by atoms with Gasteiger partial charge in [0.15, 0.2) is 0 Å². The lowest BCUT2D eigenvalue weighted by molar-refractivity contribution is 0.00578. The van der Waals surface area contributed by atoms with Crippen LogP contribution in [0.1, 0.15) is 34.2 Å². The van der Waals surface area contributed by atoms with Gasteiger partial charge >= 0.3 is 13.7 Å². The highest BCUT2D eigenvalue weighted by molar-refractivity contribution is 6.62. The molecule has 0 spiro atoms. The Balaban J connectivity index is 1.95. The molecule has 1 saturated heterocycles. The number of aromatic nitrogens is 2. The van der Waals surface area contributed by atoms with E-state index < -0.39 is 24.9 Å². The first kappa shape index (κ1) is 14.5. The number of rotatable bonds is 2. The largest absolute Gasteiger partial charge is 0.494 e. The van der Waals surface area contributed by atoms with Crippen LogP contribution in [0.2, 0.25) is 0 Å². The van der Waals surface area contributed by atoms with Gasteiger partial charge in [-0.25, -0.2) is 4.68 Å². The van der Waals surface area contributed by atoms with Crippen LogP contribution in [0.25, 0.3) is 10.9 Å². The Kier molecular flexibility index (Phi) is 3.11. The fourth-order valence-corrected chi connectivity index (χ4v) is 2.28. The number of alkyl halides is 2. The molecule has 0 unspecified atom stereocenters. The minimum Gasteiger partial charge on any atom is -0.399 e. The summed E-state index contributed by atoms with van der Waals surface area (Å²) in [6.07, 6.45) is 1.33. The Morgan fingerprint density at radius 2 is 1.76 bits per heavy atom. The second-order valence-electron chi connectivity index (χ2n) is 6.29. The van der Waals surface area contributed by atoms with E-state index in [2.05, 4.69) is 5.10 Å². The summed E-state index contributed by atoms with van der Waals surface area (Å²) in [6.45, 7) is 5.24. The molecule has 112 valence electrons. The number of nitrogens with zero attached hydrogens (tertiary/aromatic N) is 2. The lowest BCUT2D eigenvalue weighted by Crippen LogP contribution is -2.41. The molecule has 0 saturated carbocycles. The van der Waals surface area contributed by atoms with Crippen molar-refractivity contribution in [1.82, 2.24) is 9.78 Å². The first-order chi connectivity index (χ1) is 9.69. The number of hydrogen-bond donors (Lipinski definition) is 0. The number of halogens is 2. The molecule has 0 bridgehead atoms. The third-order valence-corrected chi connectivity index (χ3v) is 4.27. The zero-order valence-corrected chi connectivity index (χ0v) is 12.4. The maximum absolute atomic E-state index is 12.7. The molecule has 1 aromatic heterocycles. The van der Waals surface area contributed by atoms with Crippen molar-refractivity contribution in [3.8, 4) is 0 Å². The molecule has 0 N–H and O–H groups in total. The van der Waals surface area contributed by atoms with Crippen LogP contribution in [0.15, 0.2) is 24.4 Å². The summed E-state index contributed by atoms with van der Waals surface area (Å²) in [6, 6.07) is 5.31. The predicted octanol–water partition coefficient (Wildman–Crippen LogP) is 2.73. The summed E-state index contributed by atoms with van der Waals surface area (Å²) < 4.78 is 37.9. The van der Waals surface area contributed by atoms with Gasteiger partial charge in [0.05, 0.1) is 16.7 Å². The molecular weight excluding hydrogens is 277 g/mol. The van der Waals surface area contributed by atoms with E-state index in [1.54, 1.807) is 12.1 Å². The van der Waals surface area contributed by atoms with Crippen molar-refractivity contribution in [2.45, 2.75) is 45.4 Å². The molecule has 1 fully saturated rings. The van der Waals surface area contributed by atoms with E-state index in [4.69, 9.17) is 9.31 Å². The van der Waals surface area contributed by atoms with E-state index in [0.717, 1.165) is 5.46 Å². The Morgan fingerprint density at radius 1 is 1.14 bits per heavy atom. The van der Waals surface area contributed by atoms with Crippen LogP contribution in [0.5, 0.6) is 0 Å². The summed E-state index contributed by atoms with van der Waals surface area (Å²) in [5.74, 6) is 0. The van der Waals surface area contributed by atoms with E-state index in [1.807, 2.05) is 33.8 Å². The van der Waals surface area contributed by atoms with Crippen LogP contribution in [0.3, 0.4) is 0 Å². The van der Waals surface area contributed by atoms with Crippen molar-refractivity contribution in [2.75, 3.05) is 0 Å².